The molecular weight excluding hydrogens is 297 g/mol. The van der Waals surface area contributed by atoms with Crippen LogP contribution in [-0.2, 0) is 5.75 Å². The molecule has 17 heavy (non-hydrogen) atoms. The average Bonchev–Trinajstić information content (AvgIpc) is 2.69. The molecule has 6 heteroatoms. The van der Waals surface area contributed by atoms with E-state index in [0.29, 0.717) is 5.02 Å². The molecule has 2 nitrogen and oxygen atoms in total. The largest absolute Gasteiger partial charge is 0.274 e. The van der Waals surface area contributed by atoms with Gasteiger partial charge in [0.1, 0.15) is 4.21 Å². The van der Waals surface area contributed by atoms with Crippen LogP contribution in [0.2, 0.25) is 5.02 Å². The van der Waals surface area contributed by atoms with E-state index in [2.05, 4.69) is 4.37 Å². The molecular formula is C11H7Cl2NOS2. The lowest BCUT2D eigenvalue weighted by Gasteiger charge is -1.99. The molecule has 0 saturated carbocycles. The molecule has 2 aromatic rings. The molecule has 0 atom stereocenters. The highest BCUT2D eigenvalue weighted by Gasteiger charge is 2.16. The summed E-state index contributed by atoms with van der Waals surface area (Å²) < 4.78 is 4.75. The molecule has 2 rings (SSSR count). The van der Waals surface area contributed by atoms with E-state index in [4.69, 9.17) is 23.2 Å². The third-order valence-electron chi connectivity index (χ3n) is 2.01. The molecule has 0 aliphatic carbocycles. The van der Waals surface area contributed by atoms with Crippen molar-refractivity contribution in [3.63, 3.8) is 0 Å². The Morgan fingerprint density at radius 1 is 1.35 bits per heavy atom. The molecule has 0 unspecified atom stereocenters. The highest BCUT2D eigenvalue weighted by Crippen LogP contribution is 2.36. The van der Waals surface area contributed by atoms with Gasteiger partial charge in [-0.1, -0.05) is 41.9 Å². The van der Waals surface area contributed by atoms with Crippen LogP contribution in [-0.4, -0.2) is 9.62 Å². The first-order valence-electron chi connectivity index (χ1n) is 4.70. The van der Waals surface area contributed by atoms with Gasteiger partial charge in [0.15, 0.2) is 5.69 Å². The number of benzene rings is 1. The van der Waals surface area contributed by atoms with Gasteiger partial charge in [-0.3, -0.25) is 4.79 Å². The second-order valence-electron chi connectivity index (χ2n) is 3.18. The Balaban J connectivity index is 2.07. The van der Waals surface area contributed by atoms with Gasteiger partial charge in [0.05, 0.1) is 5.02 Å². The quantitative estimate of drug-likeness (QED) is 0.616. The van der Waals surface area contributed by atoms with E-state index in [1.807, 2.05) is 30.3 Å². The lowest BCUT2D eigenvalue weighted by atomic mass is 10.2. The van der Waals surface area contributed by atoms with Crippen LogP contribution in [0.15, 0.2) is 34.5 Å². The summed E-state index contributed by atoms with van der Waals surface area (Å²) in [5.41, 5.74) is 1.34. The fraction of sp³-hybridized carbons (Fsp3) is 0.0909. The lowest BCUT2D eigenvalue weighted by molar-refractivity contribution is 0.107. The Kier molecular flexibility index (Phi) is 4.45. The van der Waals surface area contributed by atoms with Crippen molar-refractivity contribution in [3.8, 4) is 0 Å². The molecule has 1 aromatic heterocycles. The van der Waals surface area contributed by atoms with Crippen molar-refractivity contribution in [2.24, 2.45) is 0 Å². The predicted molar refractivity (Wildman–Crippen MR) is 73.3 cm³/mol. The highest BCUT2D eigenvalue weighted by molar-refractivity contribution is 8.00. The van der Waals surface area contributed by atoms with Gasteiger partial charge in [0.25, 0.3) is 5.24 Å². The van der Waals surface area contributed by atoms with Crippen LogP contribution in [0, 0.1) is 0 Å². The number of nitrogens with zero attached hydrogens (tertiary/aromatic N) is 1. The van der Waals surface area contributed by atoms with Crippen LogP contribution < -0.4 is 0 Å². The summed E-state index contributed by atoms with van der Waals surface area (Å²) in [6, 6.07) is 10.0. The Labute approximate surface area is 117 Å². The molecule has 1 aromatic carbocycles. The van der Waals surface area contributed by atoms with E-state index in [1.165, 1.54) is 17.1 Å². The van der Waals surface area contributed by atoms with Crippen molar-refractivity contribution in [2.75, 3.05) is 0 Å². The van der Waals surface area contributed by atoms with Gasteiger partial charge >= 0.3 is 0 Å². The maximum absolute atomic E-state index is 11.0. The van der Waals surface area contributed by atoms with Gasteiger partial charge in [-0.05, 0) is 28.7 Å². The molecule has 0 N–H and O–H groups in total. The van der Waals surface area contributed by atoms with Crippen molar-refractivity contribution < 1.29 is 4.79 Å². The Morgan fingerprint density at radius 3 is 2.65 bits per heavy atom. The number of aromatic nitrogens is 1. The first kappa shape index (κ1) is 12.9. The number of hydrogen-bond acceptors (Lipinski definition) is 4. The molecule has 0 aliphatic rings. The van der Waals surface area contributed by atoms with E-state index in [1.54, 1.807) is 11.8 Å². The number of thioether (sulfide) groups is 1. The summed E-state index contributed by atoms with van der Waals surface area (Å²) in [6.45, 7) is 0. The molecule has 0 saturated heterocycles. The zero-order valence-electron chi connectivity index (χ0n) is 8.52. The Bertz CT molecular complexity index is 528. The molecule has 0 fully saturated rings. The Morgan fingerprint density at radius 2 is 2.06 bits per heavy atom. The van der Waals surface area contributed by atoms with E-state index in [0.717, 1.165) is 9.96 Å². The minimum absolute atomic E-state index is 0.147. The Hall–Kier alpha value is -0.550. The van der Waals surface area contributed by atoms with Gasteiger partial charge in [-0.15, -0.1) is 11.8 Å². The van der Waals surface area contributed by atoms with Gasteiger partial charge in [-0.2, -0.15) is 4.37 Å². The van der Waals surface area contributed by atoms with E-state index in [9.17, 15) is 4.79 Å². The summed E-state index contributed by atoms with van der Waals surface area (Å²) in [5.74, 6) is 0.790. The smallest absolute Gasteiger partial charge is 0.273 e. The van der Waals surface area contributed by atoms with Crippen molar-refractivity contribution >= 4 is 51.7 Å². The van der Waals surface area contributed by atoms with Crippen molar-refractivity contribution in [2.45, 2.75) is 9.96 Å². The van der Waals surface area contributed by atoms with Crippen LogP contribution in [0.3, 0.4) is 0 Å². The summed E-state index contributed by atoms with van der Waals surface area (Å²) in [5, 5.41) is -0.256. The number of hydrogen-bond donors (Lipinski definition) is 0. The van der Waals surface area contributed by atoms with Gasteiger partial charge in [0.2, 0.25) is 0 Å². The summed E-state index contributed by atoms with van der Waals surface area (Å²) in [7, 11) is 0. The molecule has 0 bridgehead atoms. The third kappa shape index (κ3) is 3.22. The van der Waals surface area contributed by atoms with Crippen LogP contribution in [0.5, 0.6) is 0 Å². The van der Waals surface area contributed by atoms with Crippen LogP contribution in [0.25, 0.3) is 0 Å². The van der Waals surface area contributed by atoms with E-state index in [-0.39, 0.29) is 5.69 Å². The fourth-order valence-corrected chi connectivity index (χ4v) is 3.62. The lowest BCUT2D eigenvalue weighted by Crippen LogP contribution is -1.88. The van der Waals surface area contributed by atoms with Crippen LogP contribution in [0.1, 0.15) is 16.1 Å². The molecule has 88 valence electrons. The first-order valence-corrected chi connectivity index (χ1v) is 7.21. The number of rotatable bonds is 4. The van der Waals surface area contributed by atoms with E-state index >= 15 is 0 Å². The minimum atomic E-state index is -0.613. The number of halogens is 2. The van der Waals surface area contributed by atoms with Gasteiger partial charge < -0.3 is 0 Å². The molecule has 0 aliphatic heterocycles. The van der Waals surface area contributed by atoms with Gasteiger partial charge in [0, 0.05) is 5.75 Å². The van der Waals surface area contributed by atoms with E-state index < -0.39 is 5.24 Å². The van der Waals surface area contributed by atoms with Crippen molar-refractivity contribution in [1.82, 2.24) is 4.37 Å². The van der Waals surface area contributed by atoms with Gasteiger partial charge in [-0.25, -0.2) is 0 Å². The monoisotopic (exact) mass is 303 g/mol. The highest BCUT2D eigenvalue weighted by atomic mass is 35.5. The third-order valence-corrected chi connectivity index (χ3v) is 4.94. The molecule has 0 radical (unpaired) electrons. The summed E-state index contributed by atoms with van der Waals surface area (Å²) in [6.07, 6.45) is 0. The zero-order chi connectivity index (χ0) is 12.3. The normalized spacial score (nSPS) is 10.5. The van der Waals surface area contributed by atoms with Crippen molar-refractivity contribution in [1.29, 1.82) is 0 Å². The second-order valence-corrected chi connectivity index (χ2v) is 5.92. The SMILES string of the molecule is O=C(Cl)c1nsc(SCc2ccccc2)c1Cl. The number of carbonyl (C=O) groups is 1. The minimum Gasteiger partial charge on any atom is -0.274 e. The molecule has 0 spiro atoms. The maximum atomic E-state index is 11.0. The average molecular weight is 304 g/mol. The second kappa shape index (κ2) is 5.87. The fourth-order valence-electron chi connectivity index (χ4n) is 1.20. The summed E-state index contributed by atoms with van der Waals surface area (Å²) in [4.78, 5) is 11.0. The number of carbonyl (C=O) groups excluding carboxylic acids is 1. The first-order chi connectivity index (χ1) is 8.18. The standard InChI is InChI=1S/C11H7Cl2NOS2/c12-8-9(10(13)15)14-17-11(8)16-6-7-4-2-1-3-5-7/h1-5H,6H2. The molecule has 0 amide bonds. The maximum Gasteiger partial charge on any atom is 0.273 e. The summed E-state index contributed by atoms with van der Waals surface area (Å²) >= 11 is 14.1. The van der Waals surface area contributed by atoms with Crippen LogP contribution >= 0.6 is 46.5 Å². The van der Waals surface area contributed by atoms with Crippen LogP contribution in [0.4, 0.5) is 0 Å². The van der Waals surface area contributed by atoms with Crippen molar-refractivity contribution in [3.05, 3.63) is 46.6 Å². The topological polar surface area (TPSA) is 30.0 Å². The zero-order valence-corrected chi connectivity index (χ0v) is 11.7. The molecule has 1 heterocycles. The predicted octanol–water partition coefficient (Wildman–Crippen LogP) is 4.47.